The Morgan fingerprint density at radius 1 is 1.12 bits per heavy atom. The molecule has 1 aliphatic carbocycles. The summed E-state index contributed by atoms with van der Waals surface area (Å²) < 4.78 is 6.83. The zero-order valence-corrected chi connectivity index (χ0v) is 19.7. The van der Waals surface area contributed by atoms with Crippen molar-refractivity contribution in [2.24, 2.45) is 0 Å². The zero-order chi connectivity index (χ0) is 22.9. The Morgan fingerprint density at radius 3 is 2.55 bits per heavy atom. The summed E-state index contributed by atoms with van der Waals surface area (Å²) in [7, 11) is 0. The Labute approximate surface area is 198 Å². The topological polar surface area (TPSA) is 109 Å². The number of nitrogens with zero attached hydrogens (tertiary/aromatic N) is 4. The van der Waals surface area contributed by atoms with Gasteiger partial charge in [0.05, 0.1) is 0 Å². The quantitative estimate of drug-likeness (QED) is 0.437. The van der Waals surface area contributed by atoms with Crippen LogP contribution in [0.3, 0.4) is 0 Å². The highest BCUT2D eigenvalue weighted by atomic mass is 32.2. The van der Waals surface area contributed by atoms with Crippen LogP contribution in [0.5, 0.6) is 0 Å². The third-order valence-corrected chi connectivity index (χ3v) is 7.70. The number of carbonyl (C=O) groups is 3. The molecule has 1 aromatic carbocycles. The zero-order valence-electron chi connectivity index (χ0n) is 18.1. The number of hydrogen-bond donors (Lipinski definition) is 1. The standard InChI is InChI=1S/C22H23N5O4S2/c1-13-24-25-22(33-13)32-12-16-15-4-2-3-5-17(15)31-18(16)20(29)26-8-10-27(11-9-26)21(30)19(28)23-14-6-7-14/h2-5,14H,6-12H2,1H3,(H,23,28). The fraction of sp³-hybridized carbons (Fsp3) is 0.409. The predicted octanol–water partition coefficient (Wildman–Crippen LogP) is 2.45. The number of aryl methyl sites for hydroxylation is 1. The van der Waals surface area contributed by atoms with Crippen molar-refractivity contribution in [3.8, 4) is 0 Å². The molecule has 0 bridgehead atoms. The molecule has 172 valence electrons. The molecule has 0 spiro atoms. The summed E-state index contributed by atoms with van der Waals surface area (Å²) in [4.78, 5) is 41.0. The number of rotatable bonds is 5. The van der Waals surface area contributed by atoms with E-state index in [0.29, 0.717) is 43.3 Å². The molecule has 1 saturated heterocycles. The summed E-state index contributed by atoms with van der Waals surface area (Å²) in [5, 5.41) is 12.7. The first-order valence-corrected chi connectivity index (χ1v) is 12.6. The first-order chi connectivity index (χ1) is 16.0. The SMILES string of the molecule is Cc1nnc(SCc2c(C(=O)N3CCN(C(=O)C(=O)NC4CC4)CC3)oc3ccccc23)s1. The molecular formula is C22H23N5O4S2. The van der Waals surface area contributed by atoms with Gasteiger partial charge in [-0.05, 0) is 25.8 Å². The van der Waals surface area contributed by atoms with Crippen molar-refractivity contribution in [2.75, 3.05) is 26.2 Å². The van der Waals surface area contributed by atoms with Crippen molar-refractivity contribution < 1.29 is 18.8 Å². The van der Waals surface area contributed by atoms with E-state index < -0.39 is 11.8 Å². The van der Waals surface area contributed by atoms with Crippen LogP contribution in [0, 0.1) is 6.92 Å². The smallest absolute Gasteiger partial charge is 0.312 e. The lowest BCUT2D eigenvalue weighted by Crippen LogP contribution is -2.54. The van der Waals surface area contributed by atoms with E-state index >= 15 is 0 Å². The lowest BCUT2D eigenvalue weighted by Gasteiger charge is -2.34. The third-order valence-electron chi connectivity index (χ3n) is 5.70. The number of para-hydroxylation sites is 1. The van der Waals surface area contributed by atoms with Crippen LogP contribution in [0.25, 0.3) is 11.0 Å². The molecule has 9 nitrogen and oxygen atoms in total. The average molecular weight is 486 g/mol. The summed E-state index contributed by atoms with van der Waals surface area (Å²) in [6, 6.07) is 7.74. The number of hydrogen-bond acceptors (Lipinski definition) is 8. The molecule has 3 heterocycles. The minimum absolute atomic E-state index is 0.137. The number of fused-ring (bicyclic) bond motifs is 1. The molecule has 1 saturated carbocycles. The van der Waals surface area contributed by atoms with Crippen molar-refractivity contribution in [3.05, 3.63) is 40.6 Å². The van der Waals surface area contributed by atoms with Gasteiger partial charge in [0.15, 0.2) is 10.1 Å². The molecule has 11 heteroatoms. The normalized spacial score (nSPS) is 16.3. The number of thioether (sulfide) groups is 1. The van der Waals surface area contributed by atoms with Gasteiger partial charge in [0.2, 0.25) is 0 Å². The Bertz CT molecular complexity index is 1210. The summed E-state index contributed by atoms with van der Waals surface area (Å²) in [6.07, 6.45) is 1.86. The summed E-state index contributed by atoms with van der Waals surface area (Å²) >= 11 is 3.04. The van der Waals surface area contributed by atoms with Crippen LogP contribution in [0.1, 0.15) is 34.0 Å². The molecule has 2 fully saturated rings. The lowest BCUT2D eigenvalue weighted by atomic mass is 10.1. The first kappa shape index (κ1) is 21.9. The number of benzene rings is 1. The molecule has 5 rings (SSSR count). The summed E-state index contributed by atoms with van der Waals surface area (Å²) in [6.45, 7) is 3.24. The Hall–Kier alpha value is -2.92. The number of furan rings is 1. The number of amides is 3. The maximum Gasteiger partial charge on any atom is 0.312 e. The maximum absolute atomic E-state index is 13.4. The van der Waals surface area contributed by atoms with E-state index in [4.69, 9.17) is 4.42 Å². The van der Waals surface area contributed by atoms with Crippen molar-refractivity contribution in [1.82, 2.24) is 25.3 Å². The highest BCUT2D eigenvalue weighted by Gasteiger charge is 2.33. The Morgan fingerprint density at radius 2 is 1.85 bits per heavy atom. The molecule has 2 aliphatic rings. The van der Waals surface area contributed by atoms with Crippen molar-refractivity contribution >= 4 is 51.8 Å². The van der Waals surface area contributed by atoms with Crippen LogP contribution in [0.2, 0.25) is 0 Å². The van der Waals surface area contributed by atoms with Crippen molar-refractivity contribution in [2.45, 2.75) is 35.9 Å². The average Bonchev–Trinajstić information content (AvgIpc) is 3.43. The Kier molecular flexibility index (Phi) is 6.07. The molecule has 3 aromatic rings. The number of nitrogens with one attached hydrogen (secondary N) is 1. The third kappa shape index (κ3) is 4.74. The van der Waals surface area contributed by atoms with Crippen molar-refractivity contribution in [1.29, 1.82) is 0 Å². The molecule has 1 aliphatic heterocycles. The van der Waals surface area contributed by atoms with Crippen LogP contribution in [0.15, 0.2) is 33.0 Å². The van der Waals surface area contributed by atoms with E-state index in [2.05, 4.69) is 15.5 Å². The molecule has 2 aromatic heterocycles. The van der Waals surface area contributed by atoms with Crippen LogP contribution < -0.4 is 5.32 Å². The molecule has 0 atom stereocenters. The van der Waals surface area contributed by atoms with Crippen LogP contribution in [0.4, 0.5) is 0 Å². The fourth-order valence-electron chi connectivity index (χ4n) is 3.76. The minimum atomic E-state index is -0.555. The fourth-order valence-corrected chi connectivity index (χ4v) is 5.60. The minimum Gasteiger partial charge on any atom is -0.451 e. The number of carbonyl (C=O) groups excluding carboxylic acids is 3. The van der Waals surface area contributed by atoms with Gasteiger partial charge in [-0.2, -0.15) is 0 Å². The number of aromatic nitrogens is 2. The molecule has 1 N–H and O–H groups in total. The number of piperazine rings is 1. The van der Waals surface area contributed by atoms with Gasteiger partial charge < -0.3 is 19.5 Å². The monoisotopic (exact) mass is 485 g/mol. The van der Waals surface area contributed by atoms with E-state index in [9.17, 15) is 14.4 Å². The van der Waals surface area contributed by atoms with E-state index in [1.807, 2.05) is 31.2 Å². The van der Waals surface area contributed by atoms with Gasteiger partial charge in [-0.25, -0.2) is 0 Å². The van der Waals surface area contributed by atoms with E-state index in [1.165, 1.54) is 28.0 Å². The van der Waals surface area contributed by atoms with E-state index in [0.717, 1.165) is 33.1 Å². The molecular weight excluding hydrogens is 462 g/mol. The van der Waals surface area contributed by atoms with E-state index in [-0.39, 0.29) is 11.9 Å². The first-order valence-electron chi connectivity index (χ1n) is 10.8. The Balaban J connectivity index is 1.29. The van der Waals surface area contributed by atoms with Gasteiger partial charge in [-0.15, -0.1) is 10.2 Å². The van der Waals surface area contributed by atoms with E-state index in [1.54, 1.807) is 4.90 Å². The van der Waals surface area contributed by atoms with Crippen LogP contribution in [-0.4, -0.2) is 69.9 Å². The molecule has 0 radical (unpaired) electrons. The maximum atomic E-state index is 13.4. The second-order valence-electron chi connectivity index (χ2n) is 8.11. The van der Waals surface area contributed by atoms with Gasteiger partial charge >= 0.3 is 11.8 Å². The van der Waals surface area contributed by atoms with Gasteiger partial charge in [0.25, 0.3) is 5.91 Å². The van der Waals surface area contributed by atoms with Crippen LogP contribution in [-0.2, 0) is 15.3 Å². The second kappa shape index (κ2) is 9.14. The summed E-state index contributed by atoms with van der Waals surface area (Å²) in [5.74, 6) is -0.434. The molecule has 0 unspecified atom stereocenters. The lowest BCUT2D eigenvalue weighted by molar-refractivity contribution is -0.146. The molecule has 3 amide bonds. The van der Waals surface area contributed by atoms with Gasteiger partial charge in [-0.3, -0.25) is 14.4 Å². The summed E-state index contributed by atoms with van der Waals surface area (Å²) in [5.41, 5.74) is 1.49. The van der Waals surface area contributed by atoms with Crippen molar-refractivity contribution in [3.63, 3.8) is 0 Å². The van der Waals surface area contributed by atoms with Crippen LogP contribution >= 0.6 is 23.1 Å². The molecule has 33 heavy (non-hydrogen) atoms. The highest BCUT2D eigenvalue weighted by molar-refractivity contribution is 8.00. The second-order valence-corrected chi connectivity index (χ2v) is 10.5. The van der Waals surface area contributed by atoms with Gasteiger partial charge in [-0.1, -0.05) is 41.3 Å². The van der Waals surface area contributed by atoms with Gasteiger partial charge in [0.1, 0.15) is 10.6 Å². The largest absolute Gasteiger partial charge is 0.451 e. The van der Waals surface area contributed by atoms with Gasteiger partial charge in [0, 0.05) is 48.9 Å². The predicted molar refractivity (Wildman–Crippen MR) is 124 cm³/mol. The highest BCUT2D eigenvalue weighted by Crippen LogP contribution is 2.33.